The number of hydrogen-bond acceptors (Lipinski definition) is 7. The summed E-state index contributed by atoms with van der Waals surface area (Å²) in [5.41, 5.74) is 2.28. The number of hydrogen-bond donors (Lipinski definition) is 1. The number of Topliss-reactive ketones (excluding diaryl/α,β-unsaturated/α-hetero) is 1. The van der Waals surface area contributed by atoms with Crippen molar-refractivity contribution in [2.24, 2.45) is 0 Å². The van der Waals surface area contributed by atoms with Crippen LogP contribution in [0.15, 0.2) is 76.1 Å². The van der Waals surface area contributed by atoms with Gasteiger partial charge in [0.05, 0.1) is 17.1 Å². The van der Waals surface area contributed by atoms with Crippen LogP contribution in [0.1, 0.15) is 34.4 Å². The van der Waals surface area contributed by atoms with Crippen LogP contribution in [0.4, 0.5) is 5.69 Å². The van der Waals surface area contributed by atoms with Gasteiger partial charge in [0.25, 0.3) is 10.0 Å². The topological polar surface area (TPSA) is 123 Å². The Bertz CT molecular complexity index is 1420. The molecule has 0 saturated heterocycles. The molecule has 2 aromatic carbocycles. The number of carbonyl (C=O) groups is 3. The second kappa shape index (κ2) is 10.6. The van der Waals surface area contributed by atoms with E-state index in [1.54, 1.807) is 24.3 Å². The molecule has 0 fully saturated rings. The Kier molecular flexibility index (Phi) is 7.35. The Hall–Kier alpha value is -4.18. The lowest BCUT2D eigenvalue weighted by molar-refractivity contribution is -0.136. The van der Waals surface area contributed by atoms with Gasteiger partial charge in [0.2, 0.25) is 11.7 Å². The number of nitrogens with one attached hydrogen (secondary N) is 1. The summed E-state index contributed by atoms with van der Waals surface area (Å²) in [4.78, 5) is 35.3. The molecule has 1 N–H and O–H groups in total. The molecule has 0 atom stereocenters. The second-order valence-electron chi connectivity index (χ2n) is 8.06. The van der Waals surface area contributed by atoms with Crippen molar-refractivity contribution in [3.8, 4) is 0 Å². The maximum absolute atomic E-state index is 13.1. The zero-order valence-electron chi connectivity index (χ0n) is 19.5. The predicted molar refractivity (Wildman–Crippen MR) is 132 cm³/mol. The van der Waals surface area contributed by atoms with Crippen LogP contribution >= 0.6 is 0 Å². The molecule has 0 radical (unpaired) electrons. The standard InChI is InChI=1S/C26H24N2O7S/c1-18(29)27-16-21-9-12-25(35-21)24(30)17-34-26(31)13-8-19-6-10-22(11-7-19)36(32,33)28-15-14-20-4-2-3-5-23(20)28/h2-13H,14-17H2,1H3,(H,27,29). The number of nitrogens with zero attached hydrogens (tertiary/aromatic N) is 1. The zero-order chi connectivity index (χ0) is 25.7. The minimum atomic E-state index is -3.70. The van der Waals surface area contributed by atoms with E-state index in [4.69, 9.17) is 9.15 Å². The third-order valence-corrected chi connectivity index (χ3v) is 7.35. The quantitative estimate of drug-likeness (QED) is 0.268. The first kappa shape index (κ1) is 24.9. The average molecular weight is 509 g/mol. The molecule has 4 rings (SSSR count). The molecule has 0 bridgehead atoms. The number of esters is 1. The van der Waals surface area contributed by atoms with Gasteiger partial charge in [0.15, 0.2) is 12.4 Å². The number of ketones is 1. The Balaban J connectivity index is 1.31. The highest BCUT2D eigenvalue weighted by molar-refractivity contribution is 7.92. The first-order valence-corrected chi connectivity index (χ1v) is 12.6. The first-order chi connectivity index (χ1) is 17.2. The highest BCUT2D eigenvalue weighted by Crippen LogP contribution is 2.32. The fourth-order valence-electron chi connectivity index (χ4n) is 3.69. The van der Waals surface area contributed by atoms with E-state index in [-0.39, 0.29) is 23.1 Å². The predicted octanol–water partition coefficient (Wildman–Crippen LogP) is 3.11. The molecule has 1 aliphatic heterocycles. The molecule has 0 spiro atoms. The van der Waals surface area contributed by atoms with Gasteiger partial charge in [-0.3, -0.25) is 13.9 Å². The Morgan fingerprint density at radius 2 is 1.81 bits per heavy atom. The van der Waals surface area contributed by atoms with E-state index in [0.717, 1.165) is 11.6 Å². The van der Waals surface area contributed by atoms with E-state index in [1.807, 2.05) is 18.2 Å². The van der Waals surface area contributed by atoms with Crippen LogP contribution in [0.2, 0.25) is 0 Å². The van der Waals surface area contributed by atoms with Gasteiger partial charge in [0, 0.05) is 19.5 Å². The fourth-order valence-corrected chi connectivity index (χ4v) is 5.19. The van der Waals surface area contributed by atoms with E-state index in [0.29, 0.717) is 30.0 Å². The number of sulfonamides is 1. The Morgan fingerprint density at radius 1 is 1.06 bits per heavy atom. The smallest absolute Gasteiger partial charge is 0.331 e. The van der Waals surface area contributed by atoms with E-state index < -0.39 is 28.4 Å². The second-order valence-corrected chi connectivity index (χ2v) is 9.93. The lowest BCUT2D eigenvalue weighted by Gasteiger charge is -2.19. The number of carbonyl (C=O) groups excluding carboxylic acids is 3. The number of fused-ring (bicyclic) bond motifs is 1. The Morgan fingerprint density at radius 3 is 2.56 bits per heavy atom. The molecule has 36 heavy (non-hydrogen) atoms. The summed E-state index contributed by atoms with van der Waals surface area (Å²) in [6, 6.07) is 16.6. The van der Waals surface area contributed by atoms with Crippen molar-refractivity contribution >= 4 is 39.4 Å². The first-order valence-electron chi connectivity index (χ1n) is 11.2. The summed E-state index contributed by atoms with van der Waals surface area (Å²) in [5, 5.41) is 2.55. The number of benzene rings is 2. The van der Waals surface area contributed by atoms with E-state index in [9.17, 15) is 22.8 Å². The van der Waals surface area contributed by atoms with Gasteiger partial charge in [-0.1, -0.05) is 30.3 Å². The van der Waals surface area contributed by atoms with Crippen molar-refractivity contribution in [3.05, 3.63) is 89.4 Å². The summed E-state index contributed by atoms with van der Waals surface area (Å²) >= 11 is 0. The number of rotatable bonds is 9. The van der Waals surface area contributed by atoms with Gasteiger partial charge < -0.3 is 14.5 Å². The van der Waals surface area contributed by atoms with Gasteiger partial charge in [-0.05, 0) is 54.0 Å². The van der Waals surface area contributed by atoms with Crippen LogP contribution in [0, 0.1) is 0 Å². The molecule has 0 saturated carbocycles. The fraction of sp³-hybridized carbons (Fsp3) is 0.192. The molecule has 9 nitrogen and oxygen atoms in total. The average Bonchev–Trinajstić information content (AvgIpc) is 3.53. The molecule has 1 aromatic heterocycles. The van der Waals surface area contributed by atoms with E-state index in [1.165, 1.54) is 35.5 Å². The third-order valence-electron chi connectivity index (χ3n) is 5.52. The maximum atomic E-state index is 13.1. The van der Waals surface area contributed by atoms with Crippen LogP contribution < -0.4 is 9.62 Å². The molecular formula is C26H24N2O7S. The minimum absolute atomic E-state index is 0.0181. The van der Waals surface area contributed by atoms with Crippen molar-refractivity contribution < 1.29 is 32.0 Å². The summed E-state index contributed by atoms with van der Waals surface area (Å²) in [5.74, 6) is -1.07. The summed E-state index contributed by atoms with van der Waals surface area (Å²) in [6.45, 7) is 1.40. The number of para-hydroxylation sites is 1. The van der Waals surface area contributed by atoms with Crippen molar-refractivity contribution in [3.63, 3.8) is 0 Å². The number of ether oxygens (including phenoxy) is 1. The summed E-state index contributed by atoms with van der Waals surface area (Å²) in [7, 11) is -3.70. The minimum Gasteiger partial charge on any atom is -0.456 e. The normalized spacial score (nSPS) is 13.0. The third kappa shape index (κ3) is 5.72. The van der Waals surface area contributed by atoms with Gasteiger partial charge >= 0.3 is 5.97 Å². The van der Waals surface area contributed by atoms with Crippen molar-refractivity contribution in [1.82, 2.24) is 5.32 Å². The van der Waals surface area contributed by atoms with Gasteiger partial charge in [-0.25, -0.2) is 13.2 Å². The van der Waals surface area contributed by atoms with Crippen molar-refractivity contribution in [2.45, 2.75) is 24.8 Å². The van der Waals surface area contributed by atoms with Gasteiger partial charge in [-0.2, -0.15) is 0 Å². The molecule has 0 aliphatic carbocycles. The van der Waals surface area contributed by atoms with Crippen LogP contribution in [-0.4, -0.2) is 39.2 Å². The number of anilines is 1. The molecule has 10 heteroatoms. The maximum Gasteiger partial charge on any atom is 0.331 e. The molecule has 0 unspecified atom stereocenters. The highest BCUT2D eigenvalue weighted by Gasteiger charge is 2.30. The largest absolute Gasteiger partial charge is 0.456 e. The lowest BCUT2D eigenvalue weighted by atomic mass is 10.2. The van der Waals surface area contributed by atoms with E-state index in [2.05, 4.69) is 5.32 Å². The van der Waals surface area contributed by atoms with Crippen LogP contribution in [0.25, 0.3) is 6.08 Å². The zero-order valence-corrected chi connectivity index (χ0v) is 20.3. The number of amides is 1. The molecule has 3 aromatic rings. The Labute approximate surface area is 208 Å². The van der Waals surface area contributed by atoms with Gasteiger partial charge in [-0.15, -0.1) is 0 Å². The SMILES string of the molecule is CC(=O)NCc1ccc(C(=O)COC(=O)C=Cc2ccc(S(=O)(=O)N3CCc4ccccc43)cc2)o1. The molecule has 1 aliphatic rings. The number of furan rings is 1. The molecule has 1 amide bonds. The van der Waals surface area contributed by atoms with Crippen LogP contribution in [0.5, 0.6) is 0 Å². The molecule has 186 valence electrons. The van der Waals surface area contributed by atoms with E-state index >= 15 is 0 Å². The van der Waals surface area contributed by atoms with Crippen molar-refractivity contribution in [1.29, 1.82) is 0 Å². The molecular weight excluding hydrogens is 484 g/mol. The van der Waals surface area contributed by atoms with Gasteiger partial charge in [0.1, 0.15) is 5.76 Å². The summed E-state index contributed by atoms with van der Waals surface area (Å²) in [6.07, 6.45) is 3.28. The monoisotopic (exact) mass is 508 g/mol. The lowest BCUT2D eigenvalue weighted by Crippen LogP contribution is -2.29. The highest BCUT2D eigenvalue weighted by atomic mass is 32.2. The summed E-state index contributed by atoms with van der Waals surface area (Å²) < 4.78 is 37.9. The van der Waals surface area contributed by atoms with Crippen molar-refractivity contribution in [2.75, 3.05) is 17.5 Å². The van der Waals surface area contributed by atoms with Crippen LogP contribution in [0.3, 0.4) is 0 Å². The molecule has 2 heterocycles. The van der Waals surface area contributed by atoms with Crippen LogP contribution in [-0.2, 0) is 37.3 Å².